The first kappa shape index (κ1) is 9.75. The summed E-state index contributed by atoms with van der Waals surface area (Å²) in [4.78, 5) is 10.7. The summed E-state index contributed by atoms with van der Waals surface area (Å²) < 4.78 is 0. The summed E-state index contributed by atoms with van der Waals surface area (Å²) in [5, 5.41) is 8.84. The lowest BCUT2D eigenvalue weighted by atomic mass is 9.72. The molecule has 0 saturated heterocycles. The highest BCUT2D eigenvalue weighted by Crippen LogP contribution is 2.54. The fourth-order valence-corrected chi connectivity index (χ4v) is 3.34. The Kier molecular flexibility index (Phi) is 2.38. The molecule has 2 heteroatoms. The molecule has 0 heterocycles. The van der Waals surface area contributed by atoms with Crippen molar-refractivity contribution in [3.8, 4) is 0 Å². The van der Waals surface area contributed by atoms with Crippen LogP contribution < -0.4 is 0 Å². The molecule has 2 bridgehead atoms. The summed E-state index contributed by atoms with van der Waals surface area (Å²) in [7, 11) is 0. The highest BCUT2D eigenvalue weighted by molar-refractivity contribution is 5.85. The van der Waals surface area contributed by atoms with Crippen molar-refractivity contribution in [3.63, 3.8) is 0 Å². The summed E-state index contributed by atoms with van der Waals surface area (Å²) in [5.41, 5.74) is 0.728. The van der Waals surface area contributed by atoms with E-state index >= 15 is 0 Å². The fourth-order valence-electron chi connectivity index (χ4n) is 3.34. The summed E-state index contributed by atoms with van der Waals surface area (Å²) in [6.45, 7) is 3.66. The molecule has 2 aliphatic carbocycles. The minimum atomic E-state index is -0.812. The van der Waals surface area contributed by atoms with Crippen molar-refractivity contribution >= 4 is 5.97 Å². The maximum absolute atomic E-state index is 10.7. The molecule has 2 fully saturated rings. The van der Waals surface area contributed by atoms with Crippen LogP contribution in [0.3, 0.4) is 0 Å². The molecule has 2 atom stereocenters. The third kappa shape index (κ3) is 1.70. The van der Waals surface area contributed by atoms with Gasteiger partial charge in [0.25, 0.3) is 0 Å². The van der Waals surface area contributed by atoms with Crippen LogP contribution in [0.2, 0.25) is 0 Å². The van der Waals surface area contributed by atoms with Gasteiger partial charge >= 0.3 is 5.97 Å². The minimum absolute atomic E-state index is 0.318. The van der Waals surface area contributed by atoms with Crippen molar-refractivity contribution in [2.75, 3.05) is 0 Å². The first-order valence-electron chi connectivity index (χ1n) is 5.52. The first-order valence-corrected chi connectivity index (χ1v) is 5.52. The number of aliphatic carboxylic acids is 1. The Bertz CT molecular complexity index is 265. The highest BCUT2D eigenvalue weighted by atomic mass is 16.4. The van der Waals surface area contributed by atoms with Gasteiger partial charge in [-0.25, -0.2) is 4.79 Å². The van der Waals surface area contributed by atoms with Gasteiger partial charge in [0, 0.05) is 5.57 Å². The second-order valence-corrected chi connectivity index (χ2v) is 5.09. The van der Waals surface area contributed by atoms with Gasteiger partial charge in [-0.2, -0.15) is 0 Å². The molecule has 2 rings (SSSR count). The number of carboxylic acid groups (broad SMARTS) is 1. The Morgan fingerprint density at radius 1 is 1.43 bits per heavy atom. The van der Waals surface area contributed by atoms with E-state index in [1.807, 2.05) is 0 Å². The lowest BCUT2D eigenvalue weighted by molar-refractivity contribution is -0.133. The van der Waals surface area contributed by atoms with Gasteiger partial charge in [-0.3, -0.25) is 0 Å². The van der Waals surface area contributed by atoms with Gasteiger partial charge < -0.3 is 5.11 Å². The van der Waals surface area contributed by atoms with E-state index in [0.717, 1.165) is 12.3 Å². The third-order valence-electron chi connectivity index (χ3n) is 4.01. The van der Waals surface area contributed by atoms with E-state index in [1.54, 1.807) is 0 Å². The summed E-state index contributed by atoms with van der Waals surface area (Å²) in [6, 6.07) is 0. The number of fused-ring (bicyclic) bond motifs is 2. The average Bonchev–Trinajstić information content (AvgIpc) is 2.42. The van der Waals surface area contributed by atoms with E-state index in [4.69, 9.17) is 5.11 Å². The molecule has 0 aliphatic heterocycles. The standard InChI is InChI=1S/C12H18O2/c1-9(11(13)14)7-12-5-2-3-10(8-12)4-6-12/h10H,1-8H2,(H,13,14). The predicted molar refractivity (Wildman–Crippen MR) is 55.0 cm³/mol. The lowest BCUT2D eigenvalue weighted by Crippen LogP contribution is -2.23. The molecule has 0 spiro atoms. The van der Waals surface area contributed by atoms with Gasteiger partial charge in [-0.15, -0.1) is 0 Å². The van der Waals surface area contributed by atoms with Crippen LogP contribution in [0.25, 0.3) is 0 Å². The van der Waals surface area contributed by atoms with E-state index in [9.17, 15) is 4.79 Å². The second-order valence-electron chi connectivity index (χ2n) is 5.09. The Morgan fingerprint density at radius 2 is 2.21 bits per heavy atom. The van der Waals surface area contributed by atoms with Gasteiger partial charge in [0.2, 0.25) is 0 Å². The molecular weight excluding hydrogens is 176 g/mol. The highest BCUT2D eigenvalue weighted by Gasteiger charge is 2.42. The molecule has 2 unspecified atom stereocenters. The fraction of sp³-hybridized carbons (Fsp3) is 0.750. The van der Waals surface area contributed by atoms with Gasteiger partial charge in [-0.05, 0) is 43.4 Å². The van der Waals surface area contributed by atoms with Crippen molar-refractivity contribution in [3.05, 3.63) is 12.2 Å². The molecule has 2 nitrogen and oxygen atoms in total. The molecular formula is C12H18O2. The van der Waals surface area contributed by atoms with Crippen LogP contribution in [0.5, 0.6) is 0 Å². The average molecular weight is 194 g/mol. The van der Waals surface area contributed by atoms with Crippen LogP contribution >= 0.6 is 0 Å². The third-order valence-corrected chi connectivity index (χ3v) is 4.01. The zero-order valence-corrected chi connectivity index (χ0v) is 8.59. The molecule has 0 radical (unpaired) electrons. The molecule has 0 aromatic carbocycles. The van der Waals surface area contributed by atoms with Crippen molar-refractivity contribution in [2.45, 2.75) is 44.9 Å². The van der Waals surface area contributed by atoms with Crippen LogP contribution in [0.15, 0.2) is 12.2 Å². The maximum Gasteiger partial charge on any atom is 0.330 e. The molecule has 78 valence electrons. The molecule has 0 aromatic rings. The molecule has 0 amide bonds. The van der Waals surface area contributed by atoms with Crippen LogP contribution in [0, 0.1) is 11.3 Å². The molecule has 2 saturated carbocycles. The number of hydrogen-bond donors (Lipinski definition) is 1. The van der Waals surface area contributed by atoms with Crippen molar-refractivity contribution < 1.29 is 9.90 Å². The van der Waals surface area contributed by atoms with E-state index < -0.39 is 5.97 Å². The molecule has 14 heavy (non-hydrogen) atoms. The number of carbonyl (C=O) groups is 1. The van der Waals surface area contributed by atoms with Crippen molar-refractivity contribution in [1.82, 2.24) is 0 Å². The van der Waals surface area contributed by atoms with E-state index in [0.29, 0.717) is 11.0 Å². The van der Waals surface area contributed by atoms with Gasteiger partial charge in [0.05, 0.1) is 0 Å². The summed E-state index contributed by atoms with van der Waals surface area (Å²) in [5.74, 6) is 0.0683. The Hall–Kier alpha value is -0.790. The second kappa shape index (κ2) is 3.41. The van der Waals surface area contributed by atoms with E-state index in [2.05, 4.69) is 6.58 Å². The van der Waals surface area contributed by atoms with E-state index in [-0.39, 0.29) is 0 Å². The smallest absolute Gasteiger partial charge is 0.330 e. The maximum atomic E-state index is 10.7. The van der Waals surface area contributed by atoms with Crippen molar-refractivity contribution in [2.24, 2.45) is 11.3 Å². The van der Waals surface area contributed by atoms with Crippen LogP contribution in [-0.2, 0) is 4.79 Å². The minimum Gasteiger partial charge on any atom is -0.478 e. The van der Waals surface area contributed by atoms with Gasteiger partial charge in [0.1, 0.15) is 0 Å². The first-order chi connectivity index (χ1) is 6.61. The van der Waals surface area contributed by atoms with Crippen LogP contribution in [0.4, 0.5) is 0 Å². The topological polar surface area (TPSA) is 37.3 Å². The zero-order valence-electron chi connectivity index (χ0n) is 8.59. The Labute approximate surface area is 85.0 Å². The largest absolute Gasteiger partial charge is 0.478 e. The van der Waals surface area contributed by atoms with Crippen LogP contribution in [-0.4, -0.2) is 11.1 Å². The quantitative estimate of drug-likeness (QED) is 0.701. The monoisotopic (exact) mass is 194 g/mol. The summed E-state index contributed by atoms with van der Waals surface area (Å²) in [6.07, 6.45) is 8.38. The van der Waals surface area contributed by atoms with Gasteiger partial charge in [-0.1, -0.05) is 19.4 Å². The predicted octanol–water partition coefficient (Wildman–Crippen LogP) is 2.99. The number of hydrogen-bond acceptors (Lipinski definition) is 1. The van der Waals surface area contributed by atoms with Crippen molar-refractivity contribution in [1.29, 1.82) is 0 Å². The number of rotatable bonds is 3. The zero-order chi connectivity index (χ0) is 10.2. The van der Waals surface area contributed by atoms with Crippen LogP contribution in [0.1, 0.15) is 44.9 Å². The summed E-state index contributed by atoms with van der Waals surface area (Å²) >= 11 is 0. The molecule has 1 N–H and O–H groups in total. The van der Waals surface area contributed by atoms with E-state index in [1.165, 1.54) is 38.5 Å². The van der Waals surface area contributed by atoms with Gasteiger partial charge in [0.15, 0.2) is 0 Å². The SMILES string of the molecule is C=C(CC12CCCC(CC1)C2)C(=O)O. The lowest BCUT2D eigenvalue weighted by Gasteiger charge is -2.33. The Morgan fingerprint density at radius 3 is 2.93 bits per heavy atom. The molecule has 2 aliphatic rings. The Balaban J connectivity index is 2.02. The molecule has 0 aromatic heterocycles. The number of carboxylic acids is 1. The normalized spacial score (nSPS) is 35.6.